The zero-order valence-corrected chi connectivity index (χ0v) is 17.2. The summed E-state index contributed by atoms with van der Waals surface area (Å²) in [5, 5.41) is 13.9. The molecule has 1 heterocycles. The van der Waals surface area contributed by atoms with E-state index in [0.717, 1.165) is 36.6 Å². The fourth-order valence-electron chi connectivity index (χ4n) is 3.70. The Morgan fingerprint density at radius 3 is 2.57 bits per heavy atom. The van der Waals surface area contributed by atoms with E-state index in [9.17, 15) is 5.11 Å². The van der Waals surface area contributed by atoms with E-state index in [0.29, 0.717) is 18.8 Å². The lowest BCUT2D eigenvalue weighted by Gasteiger charge is -2.32. The number of guanidine groups is 1. The number of anilines is 1. The van der Waals surface area contributed by atoms with Crippen molar-refractivity contribution in [3.63, 3.8) is 0 Å². The molecule has 1 aliphatic heterocycles. The summed E-state index contributed by atoms with van der Waals surface area (Å²) in [4.78, 5) is 6.97. The minimum atomic E-state index is 0.200. The van der Waals surface area contributed by atoms with Gasteiger partial charge in [0.15, 0.2) is 5.96 Å². The average molecular weight is 402 g/mol. The summed E-state index contributed by atoms with van der Waals surface area (Å²) in [6, 6.07) is 24.3. The first kappa shape index (κ1) is 20.0. The van der Waals surface area contributed by atoms with Crippen LogP contribution >= 0.6 is 0 Å². The molecule has 5 heteroatoms. The molecule has 0 radical (unpaired) electrons. The molecule has 0 bridgehead atoms. The van der Waals surface area contributed by atoms with E-state index < -0.39 is 0 Å². The third-order valence-corrected chi connectivity index (χ3v) is 5.34. The number of nitrogens with zero attached hydrogens (tertiary/aromatic N) is 2. The zero-order chi connectivity index (χ0) is 20.8. The van der Waals surface area contributed by atoms with Crippen molar-refractivity contribution in [3.05, 3.63) is 83.9 Å². The van der Waals surface area contributed by atoms with Crippen LogP contribution in [0.15, 0.2) is 77.8 Å². The Kier molecular flexibility index (Phi) is 6.30. The van der Waals surface area contributed by atoms with Gasteiger partial charge in [-0.25, -0.2) is 0 Å². The second-order valence-electron chi connectivity index (χ2n) is 7.36. The second-order valence-corrected chi connectivity index (χ2v) is 7.36. The van der Waals surface area contributed by atoms with Gasteiger partial charge in [-0.1, -0.05) is 60.7 Å². The fraction of sp³-hybridized carbons (Fsp3) is 0.240. The van der Waals surface area contributed by atoms with Gasteiger partial charge in [0.2, 0.25) is 0 Å². The quantitative estimate of drug-likeness (QED) is 0.285. The van der Waals surface area contributed by atoms with Crippen LogP contribution in [0.2, 0.25) is 0 Å². The average Bonchev–Trinajstić information content (AvgIpc) is 2.80. The van der Waals surface area contributed by atoms with Crippen LogP contribution < -0.4 is 5.32 Å². The highest BCUT2D eigenvalue weighted by molar-refractivity contribution is 5.96. The maximum atomic E-state index is 10.5. The molecule has 0 saturated carbocycles. The Morgan fingerprint density at radius 1 is 1.00 bits per heavy atom. The van der Waals surface area contributed by atoms with E-state index in [1.165, 1.54) is 11.1 Å². The van der Waals surface area contributed by atoms with Crippen molar-refractivity contribution in [2.24, 2.45) is 4.99 Å². The number of hydrogen-bond acceptors (Lipinski definition) is 3. The summed E-state index contributed by atoms with van der Waals surface area (Å²) in [5.41, 5.74) is 5.49. The normalized spacial score (nSPS) is 13.8. The molecule has 30 heavy (non-hydrogen) atoms. The number of aliphatic imine (C=N–C) groups is 1. The van der Waals surface area contributed by atoms with Crippen LogP contribution in [0.25, 0.3) is 11.1 Å². The predicted molar refractivity (Wildman–Crippen MR) is 122 cm³/mol. The van der Waals surface area contributed by atoms with Gasteiger partial charge in [-0.05, 0) is 40.8 Å². The van der Waals surface area contributed by atoms with Gasteiger partial charge in [-0.2, -0.15) is 0 Å². The molecule has 0 amide bonds. The lowest BCUT2D eigenvalue weighted by atomic mass is 10.0. The number of nitrogens with one attached hydrogen (secondary N) is 1. The van der Waals surface area contributed by atoms with Gasteiger partial charge < -0.3 is 20.1 Å². The Hall–Kier alpha value is -3.31. The number of phenolic OH excluding ortho intramolecular Hbond substituents is 1. The molecule has 0 aromatic heterocycles. The molecular formula is C25H27N3O2. The van der Waals surface area contributed by atoms with E-state index in [-0.39, 0.29) is 5.75 Å². The van der Waals surface area contributed by atoms with Gasteiger partial charge in [0, 0.05) is 20.2 Å². The third-order valence-electron chi connectivity index (χ3n) is 5.34. The SMILES string of the molecule is COCCN=C(Nc1cc(-c2ccccc2)ccc1O)N1CCc2ccccc2C1. The smallest absolute Gasteiger partial charge is 0.198 e. The molecule has 3 aromatic rings. The molecular weight excluding hydrogens is 374 g/mol. The Morgan fingerprint density at radius 2 is 1.77 bits per heavy atom. The van der Waals surface area contributed by atoms with Crippen LogP contribution in [0.4, 0.5) is 5.69 Å². The number of hydrogen-bond donors (Lipinski definition) is 2. The summed E-state index contributed by atoms with van der Waals surface area (Å²) < 4.78 is 5.18. The number of benzene rings is 3. The molecule has 0 fully saturated rings. The molecule has 154 valence electrons. The van der Waals surface area contributed by atoms with Crippen molar-refractivity contribution in [1.82, 2.24) is 4.90 Å². The molecule has 0 atom stereocenters. The van der Waals surface area contributed by atoms with Gasteiger partial charge >= 0.3 is 0 Å². The van der Waals surface area contributed by atoms with E-state index in [2.05, 4.69) is 46.6 Å². The van der Waals surface area contributed by atoms with Crippen LogP contribution in [0.5, 0.6) is 5.75 Å². The first-order valence-corrected chi connectivity index (χ1v) is 10.2. The Balaban J connectivity index is 1.61. The lowest BCUT2D eigenvalue weighted by molar-refractivity contribution is 0.207. The topological polar surface area (TPSA) is 57.1 Å². The Bertz CT molecular complexity index is 1020. The van der Waals surface area contributed by atoms with Gasteiger partial charge in [0.05, 0.1) is 18.8 Å². The summed E-state index contributed by atoms with van der Waals surface area (Å²) in [6.45, 7) is 2.75. The standard InChI is InChI=1S/C25H27N3O2/c1-30-16-14-26-25(28-15-13-20-9-5-6-10-22(20)18-28)27-23-17-21(11-12-24(23)29)19-7-3-2-4-8-19/h2-12,17,29H,13-16,18H2,1H3,(H,26,27). The van der Waals surface area contributed by atoms with Crippen molar-refractivity contribution in [3.8, 4) is 16.9 Å². The van der Waals surface area contributed by atoms with Crippen LogP contribution in [0, 0.1) is 0 Å². The minimum Gasteiger partial charge on any atom is -0.506 e. The summed E-state index contributed by atoms with van der Waals surface area (Å²) in [5.74, 6) is 0.952. The number of phenols is 1. The fourth-order valence-corrected chi connectivity index (χ4v) is 3.70. The Labute approximate surface area is 177 Å². The molecule has 4 rings (SSSR count). The maximum absolute atomic E-state index is 10.5. The van der Waals surface area contributed by atoms with Crippen molar-refractivity contribution in [1.29, 1.82) is 0 Å². The van der Waals surface area contributed by atoms with Gasteiger partial charge in [0.1, 0.15) is 5.75 Å². The minimum absolute atomic E-state index is 0.200. The van der Waals surface area contributed by atoms with Crippen LogP contribution in [0.3, 0.4) is 0 Å². The highest BCUT2D eigenvalue weighted by Gasteiger charge is 2.20. The largest absolute Gasteiger partial charge is 0.506 e. The molecule has 3 aromatic carbocycles. The first-order valence-electron chi connectivity index (χ1n) is 10.2. The van der Waals surface area contributed by atoms with E-state index in [1.807, 2.05) is 30.3 Å². The van der Waals surface area contributed by atoms with Crippen LogP contribution in [-0.4, -0.2) is 42.8 Å². The molecule has 0 unspecified atom stereocenters. The first-order chi connectivity index (χ1) is 14.7. The van der Waals surface area contributed by atoms with Crippen LogP contribution in [-0.2, 0) is 17.7 Å². The van der Waals surface area contributed by atoms with Gasteiger partial charge in [0.25, 0.3) is 0 Å². The number of fused-ring (bicyclic) bond motifs is 1. The van der Waals surface area contributed by atoms with Gasteiger partial charge in [-0.3, -0.25) is 4.99 Å². The highest BCUT2D eigenvalue weighted by Crippen LogP contribution is 2.30. The molecule has 1 aliphatic rings. The molecule has 0 aliphatic carbocycles. The molecule has 0 saturated heterocycles. The number of methoxy groups -OCH3 is 1. The second kappa shape index (κ2) is 9.46. The number of rotatable bonds is 5. The van der Waals surface area contributed by atoms with E-state index in [1.54, 1.807) is 13.2 Å². The summed E-state index contributed by atoms with van der Waals surface area (Å²) >= 11 is 0. The van der Waals surface area contributed by atoms with E-state index >= 15 is 0 Å². The molecule has 5 nitrogen and oxygen atoms in total. The summed E-state index contributed by atoms with van der Waals surface area (Å²) in [6.07, 6.45) is 0.969. The maximum Gasteiger partial charge on any atom is 0.198 e. The third kappa shape index (κ3) is 4.63. The van der Waals surface area contributed by atoms with Crippen LogP contribution in [0.1, 0.15) is 11.1 Å². The lowest BCUT2D eigenvalue weighted by Crippen LogP contribution is -2.40. The summed E-state index contributed by atoms with van der Waals surface area (Å²) in [7, 11) is 1.68. The zero-order valence-electron chi connectivity index (χ0n) is 17.2. The van der Waals surface area contributed by atoms with Gasteiger partial charge in [-0.15, -0.1) is 0 Å². The monoisotopic (exact) mass is 401 g/mol. The van der Waals surface area contributed by atoms with Crippen molar-refractivity contribution >= 4 is 11.6 Å². The number of ether oxygens (including phenoxy) is 1. The molecule has 0 spiro atoms. The van der Waals surface area contributed by atoms with Crippen molar-refractivity contribution in [2.45, 2.75) is 13.0 Å². The number of aromatic hydroxyl groups is 1. The predicted octanol–water partition coefficient (Wildman–Crippen LogP) is 4.53. The highest BCUT2D eigenvalue weighted by atomic mass is 16.5. The van der Waals surface area contributed by atoms with E-state index in [4.69, 9.17) is 9.73 Å². The van der Waals surface area contributed by atoms with Crippen molar-refractivity contribution < 1.29 is 9.84 Å². The molecule has 2 N–H and O–H groups in total. The van der Waals surface area contributed by atoms with Crippen molar-refractivity contribution in [2.75, 3.05) is 32.1 Å².